The summed E-state index contributed by atoms with van der Waals surface area (Å²) in [5.41, 5.74) is 6.10. The van der Waals surface area contributed by atoms with Crippen LogP contribution in [0.4, 0.5) is 0 Å². The summed E-state index contributed by atoms with van der Waals surface area (Å²) in [6.45, 7) is 1.45. The van der Waals surface area contributed by atoms with E-state index in [4.69, 9.17) is 9.47 Å². The topological polar surface area (TPSA) is 49.2 Å². The van der Waals surface area contributed by atoms with Crippen molar-refractivity contribution in [2.24, 2.45) is 0 Å². The molecule has 0 atom stereocenters. The molecule has 1 spiro atoms. The van der Waals surface area contributed by atoms with Gasteiger partial charge in [-0.2, -0.15) is 0 Å². The number of thiol groups is 1. The second-order valence-corrected chi connectivity index (χ2v) is 7.93. The molecule has 3 aromatic rings. The summed E-state index contributed by atoms with van der Waals surface area (Å²) in [5.74, 6) is 0.190. The van der Waals surface area contributed by atoms with Crippen LogP contribution in [0.3, 0.4) is 0 Å². The third-order valence-electron chi connectivity index (χ3n) is 5.39. The lowest BCUT2D eigenvalue weighted by atomic mass is 9.81. The zero-order valence-electron chi connectivity index (χ0n) is 13.7. The Labute approximate surface area is 155 Å². The molecule has 2 fully saturated rings. The van der Waals surface area contributed by atoms with E-state index in [9.17, 15) is 0 Å². The van der Waals surface area contributed by atoms with Crippen molar-refractivity contribution in [1.29, 1.82) is 0 Å². The number of hydrogen-bond donors (Lipinski definition) is 1. The van der Waals surface area contributed by atoms with Gasteiger partial charge in [-0.15, -0.1) is 11.3 Å². The Morgan fingerprint density at radius 3 is 2.72 bits per heavy atom. The predicted molar refractivity (Wildman–Crippen MR) is 101 cm³/mol. The summed E-state index contributed by atoms with van der Waals surface area (Å²) in [6, 6.07) is 2.27. The Bertz CT molecular complexity index is 891. The minimum atomic E-state index is -0.311. The fraction of sp³-hybridized carbons (Fsp3) is 0.444. The van der Waals surface area contributed by atoms with Gasteiger partial charge in [0.25, 0.3) is 0 Å². The standard InChI is InChI=1S/C18H19N3O2S2/c24-21-9-15(16-10-25-11-20-16)14-7-13(8-19-17(14)21)12-1-3-18(4-2-12)22-5-6-23-18/h7-12,24H,1-6H2. The molecule has 3 aromatic heterocycles. The van der Waals surface area contributed by atoms with Crippen LogP contribution in [-0.4, -0.2) is 32.9 Å². The van der Waals surface area contributed by atoms with Crippen LogP contribution in [0.5, 0.6) is 0 Å². The Morgan fingerprint density at radius 1 is 1.20 bits per heavy atom. The van der Waals surface area contributed by atoms with Gasteiger partial charge in [-0.05, 0) is 30.4 Å². The third-order valence-corrected chi connectivity index (χ3v) is 6.28. The normalized spacial score (nSPS) is 20.7. The van der Waals surface area contributed by atoms with E-state index in [-0.39, 0.29) is 5.79 Å². The molecule has 4 heterocycles. The summed E-state index contributed by atoms with van der Waals surface area (Å²) in [6.07, 6.45) is 8.06. The first-order chi connectivity index (χ1) is 12.2. The second-order valence-electron chi connectivity index (χ2n) is 6.78. The number of nitrogens with zero attached hydrogens (tertiary/aromatic N) is 3. The lowest BCUT2D eigenvalue weighted by Gasteiger charge is -2.35. The molecule has 1 aliphatic heterocycles. The summed E-state index contributed by atoms with van der Waals surface area (Å²) in [7, 11) is 0. The molecule has 1 aliphatic carbocycles. The van der Waals surface area contributed by atoms with Gasteiger partial charge in [-0.25, -0.2) is 9.97 Å². The predicted octanol–water partition coefficient (Wildman–Crippen LogP) is 4.25. The molecular weight excluding hydrogens is 354 g/mol. The van der Waals surface area contributed by atoms with E-state index in [0.29, 0.717) is 5.92 Å². The molecule has 5 rings (SSSR count). The molecule has 0 N–H and O–H groups in total. The van der Waals surface area contributed by atoms with Crippen molar-refractivity contribution in [3.05, 3.63) is 34.9 Å². The Balaban J connectivity index is 1.47. The number of ether oxygens (including phenoxy) is 2. The van der Waals surface area contributed by atoms with Crippen LogP contribution in [0.2, 0.25) is 0 Å². The summed E-state index contributed by atoms with van der Waals surface area (Å²) in [5, 5.41) is 3.18. The fourth-order valence-corrected chi connectivity index (χ4v) is 4.88. The molecule has 7 heteroatoms. The summed E-state index contributed by atoms with van der Waals surface area (Å²) >= 11 is 6.12. The van der Waals surface area contributed by atoms with Crippen molar-refractivity contribution in [3.8, 4) is 11.3 Å². The van der Waals surface area contributed by atoms with Crippen molar-refractivity contribution < 1.29 is 9.47 Å². The molecular formula is C18H19N3O2S2. The first kappa shape index (κ1) is 15.8. The van der Waals surface area contributed by atoms with Crippen molar-refractivity contribution >= 4 is 35.2 Å². The quantitative estimate of drug-likeness (QED) is 0.682. The molecule has 1 saturated carbocycles. The van der Waals surface area contributed by atoms with Gasteiger partial charge in [-0.3, -0.25) is 3.97 Å². The zero-order chi connectivity index (χ0) is 16.9. The van der Waals surface area contributed by atoms with E-state index in [2.05, 4.69) is 34.2 Å². The zero-order valence-corrected chi connectivity index (χ0v) is 15.4. The maximum Gasteiger partial charge on any atom is 0.168 e. The Hall–Kier alpha value is -1.41. The van der Waals surface area contributed by atoms with Crippen molar-refractivity contribution in [2.45, 2.75) is 37.4 Å². The smallest absolute Gasteiger partial charge is 0.168 e. The lowest BCUT2D eigenvalue weighted by Crippen LogP contribution is -2.34. The molecule has 2 aliphatic rings. The van der Waals surface area contributed by atoms with Gasteiger partial charge in [0, 0.05) is 41.6 Å². The van der Waals surface area contributed by atoms with Gasteiger partial charge in [0.15, 0.2) is 5.79 Å². The molecule has 5 nitrogen and oxygen atoms in total. The molecule has 0 amide bonds. The second kappa shape index (κ2) is 6.09. The number of hydrogen-bond acceptors (Lipinski definition) is 6. The minimum absolute atomic E-state index is 0.311. The van der Waals surface area contributed by atoms with E-state index in [1.807, 2.05) is 17.9 Å². The molecule has 1 saturated heterocycles. The van der Waals surface area contributed by atoms with Crippen LogP contribution < -0.4 is 0 Å². The first-order valence-corrected chi connectivity index (χ1v) is 9.95. The van der Waals surface area contributed by atoms with Crippen LogP contribution in [0.15, 0.2) is 29.4 Å². The van der Waals surface area contributed by atoms with Crippen LogP contribution in [-0.2, 0) is 9.47 Å². The lowest BCUT2D eigenvalue weighted by molar-refractivity contribution is -0.178. The molecule has 25 heavy (non-hydrogen) atoms. The average Bonchev–Trinajstić information content (AvgIpc) is 3.37. The maximum absolute atomic E-state index is 5.85. The largest absolute Gasteiger partial charge is 0.348 e. The highest BCUT2D eigenvalue weighted by molar-refractivity contribution is 7.78. The number of thiazole rings is 1. The summed E-state index contributed by atoms with van der Waals surface area (Å²) in [4.78, 5) is 9.13. The fourth-order valence-electron chi connectivity index (χ4n) is 4.06. The van der Waals surface area contributed by atoms with Crippen molar-refractivity contribution in [3.63, 3.8) is 0 Å². The first-order valence-electron chi connectivity index (χ1n) is 8.61. The average molecular weight is 374 g/mol. The molecule has 0 unspecified atom stereocenters. The molecule has 0 aromatic carbocycles. The van der Waals surface area contributed by atoms with Gasteiger partial charge in [-0.1, -0.05) is 12.8 Å². The van der Waals surface area contributed by atoms with Gasteiger partial charge < -0.3 is 9.47 Å². The van der Waals surface area contributed by atoms with Gasteiger partial charge >= 0.3 is 0 Å². The highest BCUT2D eigenvalue weighted by atomic mass is 32.1. The van der Waals surface area contributed by atoms with E-state index >= 15 is 0 Å². The van der Waals surface area contributed by atoms with Crippen LogP contribution in [0, 0.1) is 0 Å². The van der Waals surface area contributed by atoms with Gasteiger partial charge in [0.05, 0.1) is 24.4 Å². The van der Waals surface area contributed by atoms with Crippen molar-refractivity contribution in [2.75, 3.05) is 13.2 Å². The van der Waals surface area contributed by atoms with Crippen LogP contribution in [0.25, 0.3) is 22.3 Å². The van der Waals surface area contributed by atoms with E-state index in [0.717, 1.165) is 61.2 Å². The van der Waals surface area contributed by atoms with Crippen molar-refractivity contribution in [1.82, 2.24) is 13.9 Å². The minimum Gasteiger partial charge on any atom is -0.348 e. The number of fused-ring (bicyclic) bond motifs is 1. The highest BCUT2D eigenvalue weighted by Gasteiger charge is 2.40. The third kappa shape index (κ3) is 2.70. The van der Waals surface area contributed by atoms with E-state index in [1.165, 1.54) is 5.56 Å². The Morgan fingerprint density at radius 2 is 2.00 bits per heavy atom. The summed E-state index contributed by atoms with van der Waals surface area (Å²) < 4.78 is 13.5. The number of aromatic nitrogens is 3. The monoisotopic (exact) mass is 373 g/mol. The molecule has 130 valence electrons. The Kier molecular flexibility index (Phi) is 3.85. The maximum atomic E-state index is 5.85. The number of rotatable bonds is 2. The van der Waals surface area contributed by atoms with E-state index in [1.54, 1.807) is 15.3 Å². The van der Waals surface area contributed by atoms with E-state index < -0.39 is 0 Å². The SMILES string of the molecule is Sn1cc(-c2cscn2)c2cc(C3CCC4(CC3)OCCO4)cnc21. The number of pyridine rings is 1. The van der Waals surface area contributed by atoms with Gasteiger partial charge in [0.2, 0.25) is 0 Å². The highest BCUT2D eigenvalue weighted by Crippen LogP contribution is 2.43. The van der Waals surface area contributed by atoms with Crippen LogP contribution >= 0.6 is 24.2 Å². The van der Waals surface area contributed by atoms with Gasteiger partial charge in [0.1, 0.15) is 5.65 Å². The molecule has 0 bridgehead atoms. The molecule has 0 radical (unpaired) electrons. The van der Waals surface area contributed by atoms with Crippen LogP contribution in [0.1, 0.15) is 37.2 Å².